The molecule has 0 aliphatic carbocycles. The molecule has 1 heterocycles. The highest BCUT2D eigenvalue weighted by Crippen LogP contribution is 2.37. The molecule has 0 aromatic heterocycles. The van der Waals surface area contributed by atoms with Gasteiger partial charge in [-0.3, -0.25) is 0 Å². The predicted molar refractivity (Wildman–Crippen MR) is 114 cm³/mol. The van der Waals surface area contributed by atoms with Crippen molar-refractivity contribution in [2.45, 2.75) is 38.3 Å². The summed E-state index contributed by atoms with van der Waals surface area (Å²) in [6, 6.07) is 9.20. The summed E-state index contributed by atoms with van der Waals surface area (Å²) in [6.07, 6.45) is 0. The first kappa shape index (κ1) is 22.6. The van der Waals surface area contributed by atoms with E-state index in [0.29, 0.717) is 9.39 Å². The van der Waals surface area contributed by atoms with Gasteiger partial charge in [0.15, 0.2) is 5.75 Å². The zero-order valence-corrected chi connectivity index (χ0v) is 18.5. The van der Waals surface area contributed by atoms with Crippen LogP contribution in [0.1, 0.15) is 18.1 Å². The highest BCUT2D eigenvalue weighted by molar-refractivity contribution is 7.94. The first-order chi connectivity index (χ1) is 14.1. The van der Waals surface area contributed by atoms with Crippen molar-refractivity contribution in [2.24, 2.45) is 0 Å². The summed E-state index contributed by atoms with van der Waals surface area (Å²) < 4.78 is 56.9. The molecule has 1 atom stereocenters. The van der Waals surface area contributed by atoms with E-state index in [4.69, 9.17) is 11.8 Å². The number of sulfonamides is 1. The first-order valence-corrected chi connectivity index (χ1v) is 11.2. The Morgan fingerprint density at radius 1 is 1.23 bits per heavy atom. The second-order valence-electron chi connectivity index (χ2n) is 7.32. The van der Waals surface area contributed by atoms with Crippen molar-refractivity contribution < 1.29 is 21.9 Å². The van der Waals surface area contributed by atoms with Crippen LogP contribution in [0.3, 0.4) is 0 Å². The molecule has 0 bridgehead atoms. The van der Waals surface area contributed by atoms with Crippen LogP contribution in [0.15, 0.2) is 41.3 Å². The molecule has 164 valence electrons. The van der Waals surface area contributed by atoms with Crippen LogP contribution >= 0.6 is 11.8 Å². The number of alkyl halides is 2. The topological polar surface area (TPSA) is 61.9 Å². The standard InChI is InChI=1S/C20H24ClF2N3O3S/c1-13-4-7-19(29-20(22)23)18(10-13)26(21)30(27,28)16-6-5-14(2)17(11-16)25-9-8-24-15(3)12-25/h4-7,10-11,15,20,24H,8-9,12H2,1-3H3/t15-/m1/s1. The van der Waals surface area contributed by atoms with Gasteiger partial charge in [-0.1, -0.05) is 12.1 Å². The minimum absolute atomic E-state index is 0.0335. The molecule has 1 N–H and O–H groups in total. The van der Waals surface area contributed by atoms with Gasteiger partial charge in [0.1, 0.15) is 5.69 Å². The van der Waals surface area contributed by atoms with Gasteiger partial charge in [0.05, 0.1) is 4.90 Å². The molecule has 2 aromatic carbocycles. The third-order valence-electron chi connectivity index (χ3n) is 4.92. The zero-order chi connectivity index (χ0) is 22.1. The average molecular weight is 460 g/mol. The van der Waals surface area contributed by atoms with Crippen molar-refractivity contribution >= 4 is 33.2 Å². The molecule has 0 radical (unpaired) electrons. The molecular formula is C20H24ClF2N3O3S. The van der Waals surface area contributed by atoms with Gasteiger partial charge in [0.2, 0.25) is 0 Å². The number of halogens is 3. The SMILES string of the molecule is Cc1ccc(OC(F)F)c(N(Cl)S(=O)(=O)c2ccc(C)c(N3CCN[C@H](C)C3)c2)c1. The van der Waals surface area contributed by atoms with Crippen LogP contribution in [-0.4, -0.2) is 40.7 Å². The largest absolute Gasteiger partial charge is 0.433 e. The lowest BCUT2D eigenvalue weighted by Crippen LogP contribution is -2.49. The van der Waals surface area contributed by atoms with Crippen LogP contribution < -0.4 is 18.8 Å². The number of benzene rings is 2. The predicted octanol–water partition coefficient (Wildman–Crippen LogP) is 4.05. The number of anilines is 2. The maximum absolute atomic E-state index is 13.2. The van der Waals surface area contributed by atoms with Crippen LogP contribution in [0, 0.1) is 13.8 Å². The summed E-state index contributed by atoms with van der Waals surface area (Å²) in [4.78, 5) is 2.08. The number of nitrogens with one attached hydrogen (secondary N) is 1. The maximum atomic E-state index is 13.2. The number of piperazine rings is 1. The zero-order valence-electron chi connectivity index (χ0n) is 16.9. The van der Waals surface area contributed by atoms with Gasteiger partial charge >= 0.3 is 6.61 Å². The summed E-state index contributed by atoms with van der Waals surface area (Å²) in [6.45, 7) is 4.82. The Bertz CT molecular complexity index is 1020. The Balaban J connectivity index is 2.00. The second kappa shape index (κ2) is 8.95. The molecule has 0 unspecified atom stereocenters. The Kier molecular flexibility index (Phi) is 6.74. The Hall–Kier alpha value is -2.10. The lowest BCUT2D eigenvalue weighted by molar-refractivity contribution is -0.0494. The maximum Gasteiger partial charge on any atom is 0.387 e. The normalized spacial score (nSPS) is 17.3. The third-order valence-corrected chi connectivity index (χ3v) is 7.11. The number of hydrogen-bond donors (Lipinski definition) is 1. The van der Waals surface area contributed by atoms with Crippen LogP contribution in [0.5, 0.6) is 5.75 Å². The van der Waals surface area contributed by atoms with E-state index >= 15 is 0 Å². The smallest absolute Gasteiger partial charge is 0.387 e. The van der Waals surface area contributed by atoms with Crippen molar-refractivity contribution in [1.82, 2.24) is 5.32 Å². The number of hydrogen-bond acceptors (Lipinski definition) is 5. The fourth-order valence-electron chi connectivity index (χ4n) is 3.42. The van der Waals surface area contributed by atoms with Gasteiger partial charge < -0.3 is 15.0 Å². The summed E-state index contributed by atoms with van der Waals surface area (Å²) >= 11 is 6.19. The molecule has 3 rings (SSSR count). The molecule has 1 saturated heterocycles. The Morgan fingerprint density at radius 2 is 1.97 bits per heavy atom. The summed E-state index contributed by atoms with van der Waals surface area (Å²) in [5, 5.41) is 3.35. The lowest BCUT2D eigenvalue weighted by Gasteiger charge is -2.35. The fourth-order valence-corrected chi connectivity index (χ4v) is 4.88. The highest BCUT2D eigenvalue weighted by Gasteiger charge is 2.29. The summed E-state index contributed by atoms with van der Waals surface area (Å²) in [5.74, 6) is -0.322. The molecule has 10 heteroatoms. The Labute approximate surface area is 180 Å². The van der Waals surface area contributed by atoms with E-state index in [-0.39, 0.29) is 22.4 Å². The fraction of sp³-hybridized carbons (Fsp3) is 0.400. The monoisotopic (exact) mass is 459 g/mol. The number of aryl methyl sites for hydroxylation is 2. The van der Waals surface area contributed by atoms with Crippen LogP contribution in [0.2, 0.25) is 0 Å². The molecule has 2 aromatic rings. The summed E-state index contributed by atoms with van der Waals surface area (Å²) in [5.41, 5.74) is 2.20. The average Bonchev–Trinajstić information content (AvgIpc) is 2.68. The minimum Gasteiger partial charge on any atom is -0.433 e. The van der Waals surface area contributed by atoms with Gasteiger partial charge in [-0.2, -0.15) is 21.0 Å². The number of nitrogens with zero attached hydrogens (tertiary/aromatic N) is 2. The van der Waals surface area contributed by atoms with E-state index in [1.807, 2.05) is 6.92 Å². The van der Waals surface area contributed by atoms with Crippen molar-refractivity contribution in [3.8, 4) is 5.75 Å². The molecule has 0 spiro atoms. The van der Waals surface area contributed by atoms with Crippen molar-refractivity contribution in [1.29, 1.82) is 0 Å². The van der Waals surface area contributed by atoms with Gasteiger partial charge in [-0.25, -0.2) is 0 Å². The molecule has 0 amide bonds. The van der Waals surface area contributed by atoms with E-state index in [1.54, 1.807) is 19.1 Å². The van der Waals surface area contributed by atoms with Crippen molar-refractivity contribution in [2.75, 3.05) is 28.4 Å². The number of rotatable bonds is 6. The van der Waals surface area contributed by atoms with Gasteiger partial charge in [0, 0.05) is 43.1 Å². The van der Waals surface area contributed by atoms with Gasteiger partial charge in [-0.05, 0) is 56.2 Å². The molecule has 0 saturated carbocycles. The molecule has 1 aliphatic rings. The Morgan fingerprint density at radius 3 is 2.63 bits per heavy atom. The van der Waals surface area contributed by atoms with Gasteiger partial charge in [0.25, 0.3) is 10.0 Å². The molecule has 30 heavy (non-hydrogen) atoms. The quantitative estimate of drug-likeness (QED) is 0.660. The van der Waals surface area contributed by atoms with E-state index in [2.05, 4.69) is 21.9 Å². The van der Waals surface area contributed by atoms with Gasteiger partial charge in [-0.15, -0.1) is 0 Å². The third kappa shape index (κ3) is 4.79. The summed E-state index contributed by atoms with van der Waals surface area (Å²) in [7, 11) is -4.23. The van der Waals surface area contributed by atoms with Crippen molar-refractivity contribution in [3.63, 3.8) is 0 Å². The number of ether oxygens (including phenoxy) is 1. The van der Waals surface area contributed by atoms with E-state index in [1.165, 1.54) is 24.3 Å². The van der Waals surface area contributed by atoms with E-state index in [0.717, 1.165) is 30.9 Å². The molecule has 6 nitrogen and oxygen atoms in total. The first-order valence-electron chi connectivity index (χ1n) is 9.45. The van der Waals surface area contributed by atoms with E-state index in [9.17, 15) is 17.2 Å². The highest BCUT2D eigenvalue weighted by atomic mass is 35.5. The van der Waals surface area contributed by atoms with Crippen molar-refractivity contribution in [3.05, 3.63) is 47.5 Å². The molecule has 1 aliphatic heterocycles. The molecular weight excluding hydrogens is 436 g/mol. The van der Waals surface area contributed by atoms with Crippen LogP contribution in [-0.2, 0) is 10.0 Å². The lowest BCUT2D eigenvalue weighted by atomic mass is 10.1. The minimum atomic E-state index is -4.23. The van der Waals surface area contributed by atoms with Crippen LogP contribution in [0.25, 0.3) is 0 Å². The van der Waals surface area contributed by atoms with E-state index < -0.39 is 16.6 Å². The second-order valence-corrected chi connectivity index (χ2v) is 9.64. The molecule has 1 fully saturated rings. The van der Waals surface area contributed by atoms with Crippen LogP contribution in [0.4, 0.5) is 20.2 Å².